The van der Waals surface area contributed by atoms with Crippen LogP contribution in [0, 0.1) is 5.92 Å². The third-order valence-corrected chi connectivity index (χ3v) is 4.38. The molecule has 5 nitrogen and oxygen atoms in total. The number of benzene rings is 1. The Bertz CT molecular complexity index is 507. The lowest BCUT2D eigenvalue weighted by atomic mass is 10.2. The summed E-state index contributed by atoms with van der Waals surface area (Å²) in [4.78, 5) is 12.1. The number of ether oxygens (including phenoxy) is 3. The molecule has 1 unspecified atom stereocenters. The Labute approximate surface area is 143 Å². The van der Waals surface area contributed by atoms with E-state index in [2.05, 4.69) is 5.32 Å². The second-order valence-electron chi connectivity index (χ2n) is 6.60. The molecule has 0 radical (unpaired) electrons. The van der Waals surface area contributed by atoms with E-state index >= 15 is 0 Å². The zero-order valence-electron chi connectivity index (χ0n) is 14.2. The number of nitrogens with one attached hydrogen (secondary N) is 1. The second-order valence-corrected chi connectivity index (χ2v) is 6.60. The smallest absolute Gasteiger partial charge is 0.251 e. The molecule has 132 valence electrons. The predicted octanol–water partition coefficient (Wildman–Crippen LogP) is 2.79. The van der Waals surface area contributed by atoms with Crippen molar-refractivity contribution in [2.24, 2.45) is 5.92 Å². The van der Waals surface area contributed by atoms with Gasteiger partial charge in [-0.1, -0.05) is 0 Å². The first-order chi connectivity index (χ1) is 11.8. The fourth-order valence-electron chi connectivity index (χ4n) is 2.68. The maximum absolute atomic E-state index is 12.1. The van der Waals surface area contributed by atoms with E-state index in [1.54, 1.807) is 12.1 Å². The third kappa shape index (κ3) is 5.80. The minimum absolute atomic E-state index is 0.0529. The Balaban J connectivity index is 1.30. The van der Waals surface area contributed by atoms with Crippen LogP contribution in [0.2, 0.25) is 0 Å². The molecule has 1 N–H and O–H groups in total. The molecule has 24 heavy (non-hydrogen) atoms. The summed E-state index contributed by atoms with van der Waals surface area (Å²) in [6.45, 7) is 3.64. The van der Waals surface area contributed by atoms with Gasteiger partial charge in [0.25, 0.3) is 5.91 Å². The van der Waals surface area contributed by atoms with Gasteiger partial charge in [0.2, 0.25) is 0 Å². The van der Waals surface area contributed by atoms with Crippen molar-refractivity contribution in [3.8, 4) is 5.75 Å². The van der Waals surface area contributed by atoms with Gasteiger partial charge < -0.3 is 19.5 Å². The Morgan fingerprint density at radius 1 is 1.17 bits per heavy atom. The van der Waals surface area contributed by atoms with Crippen LogP contribution in [0.15, 0.2) is 24.3 Å². The summed E-state index contributed by atoms with van der Waals surface area (Å²) in [5.74, 6) is 1.51. The molecule has 1 aliphatic heterocycles. The second kappa shape index (κ2) is 9.04. The Morgan fingerprint density at radius 3 is 2.71 bits per heavy atom. The molecule has 1 aliphatic carbocycles. The van der Waals surface area contributed by atoms with E-state index in [0.29, 0.717) is 25.3 Å². The van der Waals surface area contributed by atoms with E-state index in [-0.39, 0.29) is 12.0 Å². The number of rotatable bonds is 10. The lowest BCUT2D eigenvalue weighted by molar-refractivity contribution is 0.0679. The maximum Gasteiger partial charge on any atom is 0.251 e. The summed E-state index contributed by atoms with van der Waals surface area (Å²) in [6.07, 6.45) is 5.84. The van der Waals surface area contributed by atoms with Gasteiger partial charge in [0.05, 0.1) is 6.10 Å². The van der Waals surface area contributed by atoms with Crippen LogP contribution in [0.25, 0.3) is 0 Å². The van der Waals surface area contributed by atoms with Gasteiger partial charge in [0.15, 0.2) is 0 Å². The first-order valence-corrected chi connectivity index (χ1v) is 9.01. The molecule has 1 atom stereocenters. The van der Waals surface area contributed by atoms with Crippen LogP contribution in [0.1, 0.15) is 42.5 Å². The quantitative estimate of drug-likeness (QED) is 0.669. The molecule has 0 aromatic heterocycles. The van der Waals surface area contributed by atoms with Crippen molar-refractivity contribution in [1.82, 2.24) is 5.32 Å². The Morgan fingerprint density at radius 2 is 2.00 bits per heavy atom. The molecule has 2 aliphatic rings. The summed E-state index contributed by atoms with van der Waals surface area (Å²) in [6, 6.07) is 7.26. The van der Waals surface area contributed by atoms with Gasteiger partial charge in [-0.2, -0.15) is 0 Å². The van der Waals surface area contributed by atoms with Crippen molar-refractivity contribution >= 4 is 5.91 Å². The number of hydrogen-bond acceptors (Lipinski definition) is 4. The summed E-state index contributed by atoms with van der Waals surface area (Å²) in [5.41, 5.74) is 0.651. The fourth-order valence-corrected chi connectivity index (χ4v) is 2.68. The normalized spacial score (nSPS) is 20.1. The van der Waals surface area contributed by atoms with Crippen LogP contribution in [0.3, 0.4) is 0 Å². The van der Waals surface area contributed by atoms with Gasteiger partial charge in [-0.05, 0) is 62.3 Å². The highest BCUT2D eigenvalue weighted by Gasteiger charge is 2.20. The number of carbonyl (C=O) groups is 1. The van der Waals surface area contributed by atoms with Gasteiger partial charge in [-0.25, -0.2) is 0 Å². The third-order valence-electron chi connectivity index (χ3n) is 4.38. The molecule has 2 fully saturated rings. The average molecular weight is 333 g/mol. The number of hydrogen-bond donors (Lipinski definition) is 1. The van der Waals surface area contributed by atoms with Crippen LogP contribution >= 0.6 is 0 Å². The van der Waals surface area contributed by atoms with Gasteiger partial charge in [-0.3, -0.25) is 4.79 Å². The minimum atomic E-state index is -0.0529. The van der Waals surface area contributed by atoms with Crippen molar-refractivity contribution in [3.63, 3.8) is 0 Å². The topological polar surface area (TPSA) is 56.8 Å². The van der Waals surface area contributed by atoms with Crippen molar-refractivity contribution in [1.29, 1.82) is 0 Å². The van der Waals surface area contributed by atoms with Gasteiger partial charge in [0, 0.05) is 31.9 Å². The molecule has 1 saturated carbocycles. The molecule has 1 aromatic rings. The van der Waals surface area contributed by atoms with E-state index in [4.69, 9.17) is 14.2 Å². The minimum Gasteiger partial charge on any atom is -0.491 e. The highest BCUT2D eigenvalue weighted by Crippen LogP contribution is 2.28. The monoisotopic (exact) mass is 333 g/mol. The average Bonchev–Trinajstić information content (AvgIpc) is 3.29. The molecule has 1 aromatic carbocycles. The fraction of sp³-hybridized carbons (Fsp3) is 0.632. The van der Waals surface area contributed by atoms with E-state index in [0.717, 1.165) is 44.1 Å². The molecular weight excluding hydrogens is 306 g/mol. The zero-order valence-corrected chi connectivity index (χ0v) is 14.2. The largest absolute Gasteiger partial charge is 0.491 e. The summed E-state index contributed by atoms with van der Waals surface area (Å²) >= 11 is 0. The summed E-state index contributed by atoms with van der Waals surface area (Å²) in [7, 11) is 0. The van der Waals surface area contributed by atoms with Gasteiger partial charge >= 0.3 is 0 Å². The predicted molar refractivity (Wildman–Crippen MR) is 91.4 cm³/mol. The van der Waals surface area contributed by atoms with Gasteiger partial charge in [0.1, 0.15) is 12.4 Å². The number of amides is 1. The van der Waals surface area contributed by atoms with E-state index in [9.17, 15) is 4.79 Å². The summed E-state index contributed by atoms with van der Waals surface area (Å²) in [5, 5.41) is 2.92. The van der Waals surface area contributed by atoms with Gasteiger partial charge in [-0.15, -0.1) is 0 Å². The van der Waals surface area contributed by atoms with E-state index in [1.165, 1.54) is 12.8 Å². The van der Waals surface area contributed by atoms with Crippen molar-refractivity contribution < 1.29 is 19.0 Å². The van der Waals surface area contributed by atoms with Crippen LogP contribution in [-0.4, -0.2) is 45.0 Å². The molecule has 0 spiro atoms. The van der Waals surface area contributed by atoms with Crippen LogP contribution < -0.4 is 10.1 Å². The lowest BCUT2D eigenvalue weighted by Gasteiger charge is -2.11. The molecule has 3 rings (SSSR count). The van der Waals surface area contributed by atoms with Crippen LogP contribution in [0.5, 0.6) is 5.75 Å². The van der Waals surface area contributed by atoms with E-state index in [1.807, 2.05) is 12.1 Å². The van der Waals surface area contributed by atoms with Crippen molar-refractivity contribution in [2.45, 2.75) is 38.2 Å². The standard InChI is InChI=1S/C19H27NO4/c21-19(20-10-2-11-22-13-15-4-5-15)16-6-8-17(9-7-16)24-14-18-3-1-12-23-18/h6-9,15,18H,1-5,10-14H2,(H,20,21). The Kier molecular flexibility index (Phi) is 6.49. The Hall–Kier alpha value is -1.59. The zero-order chi connectivity index (χ0) is 16.6. The first kappa shape index (κ1) is 17.2. The number of carbonyl (C=O) groups excluding carboxylic acids is 1. The van der Waals surface area contributed by atoms with E-state index < -0.39 is 0 Å². The maximum atomic E-state index is 12.1. The molecule has 1 amide bonds. The van der Waals surface area contributed by atoms with Crippen LogP contribution in [0.4, 0.5) is 0 Å². The van der Waals surface area contributed by atoms with Crippen molar-refractivity contribution in [2.75, 3.05) is 33.0 Å². The highest BCUT2D eigenvalue weighted by molar-refractivity contribution is 5.94. The molecule has 1 saturated heterocycles. The lowest BCUT2D eigenvalue weighted by Crippen LogP contribution is -2.25. The highest BCUT2D eigenvalue weighted by atomic mass is 16.5. The first-order valence-electron chi connectivity index (χ1n) is 9.01. The van der Waals surface area contributed by atoms with Crippen molar-refractivity contribution in [3.05, 3.63) is 29.8 Å². The van der Waals surface area contributed by atoms with Crippen LogP contribution in [-0.2, 0) is 9.47 Å². The molecule has 1 heterocycles. The molecular formula is C19H27NO4. The summed E-state index contributed by atoms with van der Waals surface area (Å²) < 4.78 is 16.8. The molecule has 5 heteroatoms. The SMILES string of the molecule is O=C(NCCCOCC1CC1)c1ccc(OCC2CCCO2)cc1. The molecule has 0 bridgehead atoms.